The fourth-order valence-electron chi connectivity index (χ4n) is 1.66. The number of carbonyl (C=O) groups excluding carboxylic acids is 1. The third kappa shape index (κ3) is 5.26. The van der Waals surface area contributed by atoms with E-state index in [9.17, 15) is 4.79 Å². The molecule has 0 saturated carbocycles. The third-order valence-corrected chi connectivity index (χ3v) is 3.16. The van der Waals surface area contributed by atoms with Crippen molar-refractivity contribution in [3.8, 4) is 6.07 Å². The van der Waals surface area contributed by atoms with Crippen LogP contribution in [0.1, 0.15) is 18.1 Å². The number of nitrogens with one attached hydrogen (secondary N) is 2. The van der Waals surface area contributed by atoms with Crippen LogP contribution in [0.5, 0.6) is 0 Å². The summed E-state index contributed by atoms with van der Waals surface area (Å²) in [6.07, 6.45) is 1.42. The van der Waals surface area contributed by atoms with E-state index in [0.717, 1.165) is 5.56 Å². The molecule has 2 rings (SSSR count). The molecule has 2 N–H and O–H groups in total. The van der Waals surface area contributed by atoms with Gasteiger partial charge in [-0.15, -0.1) is 0 Å². The van der Waals surface area contributed by atoms with Crippen LogP contribution in [-0.4, -0.2) is 16.9 Å². The van der Waals surface area contributed by atoms with E-state index in [-0.39, 0.29) is 12.5 Å². The Hall–Kier alpha value is -3.11. The smallest absolute Gasteiger partial charge is 0.329 e. The van der Waals surface area contributed by atoms with Crippen molar-refractivity contribution in [2.75, 3.05) is 5.32 Å². The highest BCUT2D eigenvalue weighted by atomic mass is 35.5. The summed E-state index contributed by atoms with van der Waals surface area (Å²) in [5.41, 5.74) is 3.68. The van der Waals surface area contributed by atoms with E-state index in [1.807, 2.05) is 24.3 Å². The largest absolute Gasteiger partial charge is 0.341 e. The van der Waals surface area contributed by atoms with Crippen LogP contribution in [-0.2, 0) is 16.2 Å². The van der Waals surface area contributed by atoms with Crippen LogP contribution in [0.3, 0.4) is 0 Å². The maximum Gasteiger partial charge on any atom is 0.329 e. The predicted octanol–water partition coefficient (Wildman–Crippen LogP) is 2.64. The highest BCUT2D eigenvalue weighted by molar-refractivity contribution is 6.31. The average molecular weight is 344 g/mol. The molecule has 0 fully saturated rings. The molecule has 7 nitrogen and oxygen atoms in total. The van der Waals surface area contributed by atoms with Gasteiger partial charge in [-0.05, 0) is 23.8 Å². The van der Waals surface area contributed by atoms with Gasteiger partial charge in [-0.25, -0.2) is 9.98 Å². The average Bonchev–Trinajstić information content (AvgIpc) is 2.59. The molecule has 0 aliphatic heterocycles. The normalized spacial score (nSPS) is 10.6. The van der Waals surface area contributed by atoms with Gasteiger partial charge in [0.25, 0.3) is 0 Å². The first-order valence-corrected chi connectivity index (χ1v) is 7.30. The number of carbonyl (C=O) groups is 1. The highest BCUT2D eigenvalue weighted by Gasteiger charge is 2.05. The van der Waals surface area contributed by atoms with Crippen molar-refractivity contribution >= 4 is 29.3 Å². The monoisotopic (exact) mass is 343 g/mol. The van der Waals surface area contributed by atoms with E-state index < -0.39 is 5.97 Å². The lowest BCUT2D eigenvalue weighted by Crippen LogP contribution is -2.32. The lowest BCUT2D eigenvalue weighted by atomic mass is 10.2. The number of benzene rings is 1. The molecule has 1 aromatic carbocycles. The number of rotatable bonds is 3. The molecule has 1 aromatic heterocycles. The number of pyridine rings is 1. The molecule has 0 bridgehead atoms. The minimum Gasteiger partial charge on any atom is -0.341 e. The van der Waals surface area contributed by atoms with Crippen LogP contribution in [0.25, 0.3) is 0 Å². The summed E-state index contributed by atoms with van der Waals surface area (Å²) in [5, 5.41) is 12.2. The molecule has 8 heteroatoms. The Morgan fingerprint density at radius 2 is 2.17 bits per heavy atom. The van der Waals surface area contributed by atoms with Gasteiger partial charge in [0.05, 0.1) is 12.1 Å². The zero-order chi connectivity index (χ0) is 17.4. The van der Waals surface area contributed by atoms with Crippen LogP contribution in [0, 0.1) is 11.3 Å². The quantitative estimate of drug-likeness (QED) is 0.505. The van der Waals surface area contributed by atoms with E-state index in [1.54, 1.807) is 18.2 Å². The van der Waals surface area contributed by atoms with E-state index in [2.05, 4.69) is 20.8 Å². The Morgan fingerprint density at radius 1 is 1.38 bits per heavy atom. The van der Waals surface area contributed by atoms with Gasteiger partial charge in [0, 0.05) is 18.1 Å². The first-order chi connectivity index (χ1) is 11.6. The second-order valence-electron chi connectivity index (χ2n) is 4.62. The number of nitrogens with zero attached hydrogens (tertiary/aromatic N) is 3. The molecule has 0 spiro atoms. The summed E-state index contributed by atoms with van der Waals surface area (Å²) in [7, 11) is 0. The number of aromatic nitrogens is 1. The molecule has 0 aliphatic carbocycles. The molecule has 122 valence electrons. The summed E-state index contributed by atoms with van der Waals surface area (Å²) in [6.45, 7) is 1.53. The number of hydrogen-bond donors (Lipinski definition) is 2. The van der Waals surface area contributed by atoms with E-state index >= 15 is 0 Å². The number of hydroxylamine groups is 1. The van der Waals surface area contributed by atoms with Crippen molar-refractivity contribution in [1.29, 1.82) is 5.26 Å². The molecule has 0 saturated heterocycles. The zero-order valence-electron chi connectivity index (χ0n) is 12.8. The minimum atomic E-state index is -0.518. The van der Waals surface area contributed by atoms with E-state index in [0.29, 0.717) is 16.4 Å². The van der Waals surface area contributed by atoms with Crippen molar-refractivity contribution in [1.82, 2.24) is 10.5 Å². The predicted molar refractivity (Wildman–Crippen MR) is 90.1 cm³/mol. The molecular formula is C16H14ClN5O2. The first kappa shape index (κ1) is 17.2. The first-order valence-electron chi connectivity index (χ1n) is 6.93. The van der Waals surface area contributed by atoms with Gasteiger partial charge in [0.2, 0.25) is 5.96 Å². The Bertz CT molecular complexity index is 784. The maximum absolute atomic E-state index is 11.0. The van der Waals surface area contributed by atoms with Gasteiger partial charge in [-0.2, -0.15) is 10.7 Å². The molecule has 0 aliphatic rings. The summed E-state index contributed by atoms with van der Waals surface area (Å²) in [6, 6.07) is 12.5. The molecule has 1 heterocycles. The lowest BCUT2D eigenvalue weighted by molar-refractivity contribution is -0.145. The summed E-state index contributed by atoms with van der Waals surface area (Å²) in [5.74, 6) is 0.101. The zero-order valence-corrected chi connectivity index (χ0v) is 13.5. The van der Waals surface area contributed by atoms with Gasteiger partial charge < -0.3 is 10.2 Å². The molecular weight excluding hydrogens is 330 g/mol. The second kappa shape index (κ2) is 8.50. The maximum atomic E-state index is 11.0. The lowest BCUT2D eigenvalue weighted by Gasteiger charge is -2.11. The Morgan fingerprint density at radius 3 is 2.79 bits per heavy atom. The molecule has 2 aromatic rings. The Labute approximate surface area is 143 Å². The molecule has 0 atom stereocenters. The second-order valence-corrected chi connectivity index (χ2v) is 5.03. The van der Waals surface area contributed by atoms with Crippen molar-refractivity contribution in [2.24, 2.45) is 4.99 Å². The van der Waals surface area contributed by atoms with Crippen LogP contribution < -0.4 is 10.8 Å². The number of halogens is 1. The minimum absolute atomic E-state index is 0.183. The van der Waals surface area contributed by atoms with Gasteiger partial charge in [0.15, 0.2) is 0 Å². The van der Waals surface area contributed by atoms with Crippen molar-refractivity contribution in [3.05, 3.63) is 58.7 Å². The van der Waals surface area contributed by atoms with Crippen molar-refractivity contribution in [3.63, 3.8) is 0 Å². The SMILES string of the molecule is CC(=O)ONC(=NCc1ccccc1Cl)Nc1ccc(C#N)cn1. The summed E-state index contributed by atoms with van der Waals surface area (Å²) < 4.78 is 0. The Balaban J connectivity index is 2.13. The van der Waals surface area contributed by atoms with Gasteiger partial charge >= 0.3 is 5.97 Å². The van der Waals surface area contributed by atoms with Crippen LogP contribution in [0.15, 0.2) is 47.6 Å². The molecule has 24 heavy (non-hydrogen) atoms. The van der Waals surface area contributed by atoms with Crippen LogP contribution in [0.2, 0.25) is 5.02 Å². The summed E-state index contributed by atoms with van der Waals surface area (Å²) >= 11 is 6.09. The van der Waals surface area contributed by atoms with Crippen LogP contribution in [0.4, 0.5) is 5.82 Å². The fourth-order valence-corrected chi connectivity index (χ4v) is 1.86. The standard InChI is InChI=1S/C16H14ClN5O2/c1-11(23)24-22-16(20-10-13-4-2-3-5-14(13)17)21-15-7-6-12(8-18)9-19-15/h2-7,9H,10H2,1H3,(H2,19,20,21,22). The van der Waals surface area contributed by atoms with Gasteiger partial charge in [0.1, 0.15) is 11.9 Å². The van der Waals surface area contributed by atoms with Gasteiger partial charge in [-0.3, -0.25) is 4.79 Å². The number of hydrogen-bond acceptors (Lipinski definition) is 5. The van der Waals surface area contributed by atoms with Gasteiger partial charge in [-0.1, -0.05) is 29.8 Å². The van der Waals surface area contributed by atoms with Crippen molar-refractivity contribution in [2.45, 2.75) is 13.5 Å². The third-order valence-electron chi connectivity index (χ3n) is 2.80. The molecule has 0 radical (unpaired) electrons. The summed E-state index contributed by atoms with van der Waals surface area (Å²) in [4.78, 5) is 24.1. The molecule has 0 unspecified atom stereocenters. The van der Waals surface area contributed by atoms with Crippen LogP contribution >= 0.6 is 11.6 Å². The number of anilines is 1. The number of nitriles is 1. The van der Waals surface area contributed by atoms with E-state index in [1.165, 1.54) is 13.1 Å². The fraction of sp³-hybridized carbons (Fsp3) is 0.125. The topological polar surface area (TPSA) is 99.4 Å². The highest BCUT2D eigenvalue weighted by Crippen LogP contribution is 2.15. The van der Waals surface area contributed by atoms with Crippen molar-refractivity contribution < 1.29 is 9.63 Å². The number of guanidine groups is 1. The number of aliphatic imine (C=N–C) groups is 1. The Kier molecular flexibility index (Phi) is 6.11. The van der Waals surface area contributed by atoms with E-state index in [4.69, 9.17) is 21.7 Å². The molecule has 0 amide bonds.